The molecule has 1 aromatic carbocycles. The Morgan fingerprint density at radius 3 is 2.34 bits per heavy atom. The Balaban J connectivity index is 1.87. The highest BCUT2D eigenvalue weighted by Crippen LogP contribution is 2.49. The number of non-ortho nitro benzene ring substituents is 1. The van der Waals surface area contributed by atoms with Crippen LogP contribution in [0.15, 0.2) is 47.7 Å². The molecule has 3 rings (SSSR count). The van der Waals surface area contributed by atoms with Gasteiger partial charge in [-0.05, 0) is 42.8 Å². The molecule has 10 heteroatoms. The number of esters is 1. The first-order valence-corrected chi connectivity index (χ1v) is 14.7. The monoisotopic (exact) mass is 502 g/mol. The Morgan fingerprint density at radius 2 is 1.83 bits per heavy atom. The predicted octanol–water partition coefficient (Wildman–Crippen LogP) is 4.19. The minimum atomic E-state index is -1.93. The fourth-order valence-corrected chi connectivity index (χ4v) is 8.16. The number of amides is 1. The molecule has 1 N–H and O–H groups in total. The summed E-state index contributed by atoms with van der Waals surface area (Å²) < 4.78 is 12.1. The molecule has 2 heterocycles. The normalized spacial score (nSPS) is 22.9. The molecule has 0 saturated carbocycles. The van der Waals surface area contributed by atoms with Crippen molar-refractivity contribution in [3.05, 3.63) is 57.8 Å². The lowest BCUT2D eigenvalue weighted by molar-refractivity contribution is -0.384. The Kier molecular flexibility index (Phi) is 8.29. The number of nitro groups is 1. The van der Waals surface area contributed by atoms with E-state index in [-0.39, 0.29) is 53.6 Å². The van der Waals surface area contributed by atoms with Crippen molar-refractivity contribution in [2.75, 3.05) is 6.61 Å². The lowest BCUT2D eigenvalue weighted by Gasteiger charge is -2.49. The standard InChI is InChI=1S/C25H34N2O7Si/c1-6-35(7-2,8-3)34-17(5)21-22-16(4)20(10-9-15-28)23(26(22)24(21)29)25(30)33-19-13-11-18(12-14-19)27(31)32/h9-14,16-17,21-22,28H,6-8,15H2,1-5H3/b10-9+/t16-,17+,21+,22+/m0/s1. The number of hydrogen-bond acceptors (Lipinski definition) is 7. The summed E-state index contributed by atoms with van der Waals surface area (Å²) in [6.07, 6.45) is 2.92. The maximum Gasteiger partial charge on any atom is 0.360 e. The van der Waals surface area contributed by atoms with E-state index in [2.05, 4.69) is 20.8 Å². The molecule has 1 amide bonds. The van der Waals surface area contributed by atoms with Crippen LogP contribution in [0.1, 0.15) is 34.6 Å². The summed E-state index contributed by atoms with van der Waals surface area (Å²) in [5.41, 5.74) is 0.638. The van der Waals surface area contributed by atoms with Gasteiger partial charge in [-0.1, -0.05) is 39.8 Å². The van der Waals surface area contributed by atoms with Gasteiger partial charge in [-0.25, -0.2) is 4.79 Å². The first-order valence-electron chi connectivity index (χ1n) is 12.1. The number of rotatable bonds is 11. The Hall–Kier alpha value is -2.82. The minimum Gasteiger partial charge on any atom is -0.422 e. The van der Waals surface area contributed by atoms with Crippen LogP contribution in [0.3, 0.4) is 0 Å². The molecular formula is C25H34N2O7Si. The summed E-state index contributed by atoms with van der Waals surface area (Å²) in [6, 6.07) is 7.87. The second kappa shape index (κ2) is 10.8. The number of carbonyl (C=O) groups excluding carboxylic acids is 2. The van der Waals surface area contributed by atoms with Crippen molar-refractivity contribution in [2.24, 2.45) is 11.8 Å². The fraction of sp³-hybridized carbons (Fsp3) is 0.520. The Labute approximate surface area is 206 Å². The summed E-state index contributed by atoms with van der Waals surface area (Å²) in [4.78, 5) is 38.4. The smallest absolute Gasteiger partial charge is 0.360 e. The molecule has 1 saturated heterocycles. The first-order chi connectivity index (χ1) is 16.6. The molecule has 0 bridgehead atoms. The molecule has 0 aliphatic carbocycles. The van der Waals surface area contributed by atoms with Gasteiger partial charge in [0.2, 0.25) is 5.91 Å². The van der Waals surface area contributed by atoms with Gasteiger partial charge in [0.25, 0.3) is 5.69 Å². The van der Waals surface area contributed by atoms with Gasteiger partial charge >= 0.3 is 5.97 Å². The van der Waals surface area contributed by atoms with E-state index >= 15 is 0 Å². The molecule has 2 aliphatic rings. The number of hydrogen-bond donors (Lipinski definition) is 1. The zero-order chi connectivity index (χ0) is 25.9. The van der Waals surface area contributed by atoms with Gasteiger partial charge in [-0.15, -0.1) is 0 Å². The molecule has 1 fully saturated rings. The van der Waals surface area contributed by atoms with Gasteiger partial charge in [-0.3, -0.25) is 14.9 Å². The van der Waals surface area contributed by atoms with Gasteiger partial charge in [0.15, 0.2) is 8.32 Å². The van der Waals surface area contributed by atoms with Crippen molar-refractivity contribution in [3.8, 4) is 5.75 Å². The van der Waals surface area contributed by atoms with E-state index in [0.29, 0.717) is 5.57 Å². The molecule has 0 spiro atoms. The van der Waals surface area contributed by atoms with Gasteiger partial charge in [0.1, 0.15) is 11.4 Å². The van der Waals surface area contributed by atoms with Crippen LogP contribution >= 0.6 is 0 Å². The number of carbonyl (C=O) groups is 2. The number of β-lactam (4-membered cyclic amide) rings is 1. The highest BCUT2D eigenvalue weighted by Gasteiger charge is 2.60. The SMILES string of the molecule is CC[Si](CC)(CC)O[C@H](C)[C@H]1C(=O)N2C(C(=O)Oc3ccc([N+](=O)[O-])cc3)=C(/C=C/CO)[C@H](C)[C@H]12. The first kappa shape index (κ1) is 26.8. The van der Waals surface area contributed by atoms with Gasteiger partial charge in [0.05, 0.1) is 29.6 Å². The third kappa shape index (κ3) is 4.96. The van der Waals surface area contributed by atoms with Crippen molar-refractivity contribution in [2.45, 2.75) is 64.9 Å². The third-order valence-corrected chi connectivity index (χ3v) is 12.2. The van der Waals surface area contributed by atoms with E-state index < -0.39 is 19.2 Å². The third-order valence-electron chi connectivity index (χ3n) is 7.43. The summed E-state index contributed by atoms with van der Waals surface area (Å²) in [5.74, 6) is -1.29. The summed E-state index contributed by atoms with van der Waals surface area (Å²) in [6.45, 7) is 10.1. The van der Waals surface area contributed by atoms with Crippen molar-refractivity contribution >= 4 is 25.9 Å². The molecule has 190 valence electrons. The fourth-order valence-electron chi connectivity index (χ4n) is 5.23. The van der Waals surface area contributed by atoms with E-state index in [1.54, 1.807) is 6.08 Å². The van der Waals surface area contributed by atoms with Crippen LogP contribution in [0.25, 0.3) is 0 Å². The number of nitro benzene ring substituents is 1. The van der Waals surface area contributed by atoms with Crippen LogP contribution < -0.4 is 4.74 Å². The number of ether oxygens (including phenoxy) is 1. The zero-order valence-corrected chi connectivity index (χ0v) is 21.9. The quantitative estimate of drug-likeness (QED) is 0.120. The highest BCUT2D eigenvalue weighted by molar-refractivity contribution is 6.73. The Morgan fingerprint density at radius 1 is 1.23 bits per heavy atom. The maximum absolute atomic E-state index is 13.4. The number of fused-ring (bicyclic) bond motifs is 1. The topological polar surface area (TPSA) is 119 Å². The average Bonchev–Trinajstić information content (AvgIpc) is 3.09. The van der Waals surface area contributed by atoms with Crippen molar-refractivity contribution < 1.29 is 28.8 Å². The molecular weight excluding hydrogens is 468 g/mol. The average molecular weight is 503 g/mol. The van der Waals surface area contributed by atoms with E-state index in [4.69, 9.17) is 9.16 Å². The Bertz CT molecular complexity index is 1020. The van der Waals surface area contributed by atoms with E-state index in [9.17, 15) is 24.8 Å². The molecule has 1 aromatic rings. The van der Waals surface area contributed by atoms with Crippen molar-refractivity contribution in [1.82, 2.24) is 4.90 Å². The maximum atomic E-state index is 13.4. The van der Waals surface area contributed by atoms with Crippen LogP contribution in [-0.4, -0.2) is 53.9 Å². The van der Waals surface area contributed by atoms with Crippen LogP contribution in [0.2, 0.25) is 18.1 Å². The largest absolute Gasteiger partial charge is 0.422 e. The molecule has 0 radical (unpaired) electrons. The molecule has 35 heavy (non-hydrogen) atoms. The van der Waals surface area contributed by atoms with Crippen LogP contribution in [0.4, 0.5) is 5.69 Å². The van der Waals surface area contributed by atoms with Crippen LogP contribution in [0.5, 0.6) is 5.75 Å². The molecule has 4 atom stereocenters. The molecule has 9 nitrogen and oxygen atoms in total. The lowest BCUT2D eigenvalue weighted by Crippen LogP contribution is -2.65. The number of aliphatic hydroxyl groups excluding tert-OH is 1. The number of nitrogens with zero attached hydrogens (tertiary/aromatic N) is 2. The highest BCUT2D eigenvalue weighted by atomic mass is 28.4. The second-order valence-electron chi connectivity index (χ2n) is 9.11. The second-order valence-corrected chi connectivity index (χ2v) is 13.8. The zero-order valence-electron chi connectivity index (χ0n) is 20.9. The molecule has 2 aliphatic heterocycles. The van der Waals surface area contributed by atoms with Gasteiger partial charge < -0.3 is 19.2 Å². The molecule has 0 aromatic heterocycles. The summed E-state index contributed by atoms with van der Waals surface area (Å²) >= 11 is 0. The van der Waals surface area contributed by atoms with Gasteiger partial charge in [-0.2, -0.15) is 0 Å². The van der Waals surface area contributed by atoms with Crippen molar-refractivity contribution in [3.63, 3.8) is 0 Å². The van der Waals surface area contributed by atoms with Crippen molar-refractivity contribution in [1.29, 1.82) is 0 Å². The van der Waals surface area contributed by atoms with Gasteiger partial charge in [0, 0.05) is 18.1 Å². The number of aliphatic hydroxyl groups is 1. The molecule has 0 unspecified atom stereocenters. The van der Waals surface area contributed by atoms with E-state index in [1.807, 2.05) is 13.8 Å². The summed E-state index contributed by atoms with van der Waals surface area (Å²) in [5, 5.41) is 20.2. The van der Waals surface area contributed by atoms with E-state index in [1.165, 1.54) is 35.2 Å². The lowest BCUT2D eigenvalue weighted by atomic mass is 9.77. The number of benzene rings is 1. The number of allylic oxidation sites excluding steroid dienone is 1. The minimum absolute atomic E-state index is 0.120. The summed E-state index contributed by atoms with van der Waals surface area (Å²) in [7, 11) is -1.93. The van der Waals surface area contributed by atoms with E-state index in [0.717, 1.165) is 18.1 Å². The van der Waals surface area contributed by atoms with Crippen LogP contribution in [0, 0.1) is 22.0 Å². The van der Waals surface area contributed by atoms with Crippen LogP contribution in [-0.2, 0) is 14.0 Å². The predicted molar refractivity (Wildman–Crippen MR) is 133 cm³/mol.